The number of thiophene rings is 1. The van der Waals surface area contributed by atoms with Crippen LogP contribution in [0.25, 0.3) is 0 Å². The van der Waals surface area contributed by atoms with Gasteiger partial charge in [0.1, 0.15) is 17.2 Å². The van der Waals surface area contributed by atoms with Gasteiger partial charge < -0.3 is 9.84 Å². The molecule has 0 saturated carbocycles. The predicted molar refractivity (Wildman–Crippen MR) is 79.9 cm³/mol. The van der Waals surface area contributed by atoms with Crippen molar-refractivity contribution >= 4 is 27.1 Å². The average molecular weight is 326 g/mol. The van der Waals surface area contributed by atoms with E-state index in [1.54, 1.807) is 18.2 Å². The number of aryl methyl sites for hydroxylation is 1. The monoisotopic (exact) mass is 326 g/mol. The van der Waals surface area contributed by atoms with E-state index in [4.69, 9.17) is 9.84 Å². The number of hydrogen-bond donors (Lipinski definition) is 1. The van der Waals surface area contributed by atoms with E-state index in [1.165, 1.54) is 23.5 Å². The Hall–Kier alpha value is -1.86. The third-order valence-corrected chi connectivity index (χ3v) is 5.05. The lowest BCUT2D eigenvalue weighted by atomic mass is 10.2. The molecule has 5 nitrogen and oxygen atoms in total. The highest BCUT2D eigenvalue weighted by atomic mass is 32.2. The topological polar surface area (TPSA) is 80.7 Å². The highest BCUT2D eigenvalue weighted by Crippen LogP contribution is 2.24. The number of sulfone groups is 1. The van der Waals surface area contributed by atoms with Gasteiger partial charge in [0, 0.05) is 16.7 Å². The molecule has 0 fully saturated rings. The fraction of sp³-hybridized carbons (Fsp3) is 0.214. The summed E-state index contributed by atoms with van der Waals surface area (Å²) in [4.78, 5) is 12.2. The van der Waals surface area contributed by atoms with Gasteiger partial charge in [-0.25, -0.2) is 13.2 Å². The van der Waals surface area contributed by atoms with Gasteiger partial charge >= 0.3 is 5.97 Å². The highest BCUT2D eigenvalue weighted by Gasteiger charge is 2.12. The largest absolute Gasteiger partial charge is 0.489 e. The van der Waals surface area contributed by atoms with Crippen LogP contribution in [0.3, 0.4) is 0 Å². The molecule has 1 aromatic carbocycles. The van der Waals surface area contributed by atoms with Crippen molar-refractivity contribution in [3.05, 3.63) is 45.6 Å². The third-order valence-electron chi connectivity index (χ3n) is 2.86. The van der Waals surface area contributed by atoms with Crippen molar-refractivity contribution in [1.82, 2.24) is 0 Å². The van der Waals surface area contributed by atoms with E-state index in [0.29, 0.717) is 5.75 Å². The lowest BCUT2D eigenvalue weighted by molar-refractivity contribution is 0.0702. The summed E-state index contributed by atoms with van der Waals surface area (Å²) in [5.41, 5.74) is 0.780. The zero-order chi connectivity index (χ0) is 15.6. The SMILES string of the molecule is Cc1sc(C(=O)O)cc1COc1cccc(S(C)(=O)=O)c1. The Labute approximate surface area is 126 Å². The minimum atomic E-state index is -3.28. The third kappa shape index (κ3) is 3.83. The number of carboxylic acids is 1. The van der Waals surface area contributed by atoms with E-state index in [2.05, 4.69) is 0 Å². The summed E-state index contributed by atoms with van der Waals surface area (Å²) in [5, 5.41) is 8.94. The zero-order valence-corrected chi connectivity index (χ0v) is 13.1. The molecule has 0 bridgehead atoms. The summed E-state index contributed by atoms with van der Waals surface area (Å²) < 4.78 is 28.5. The molecule has 0 saturated heterocycles. The fourth-order valence-corrected chi connectivity index (χ4v) is 3.25. The smallest absolute Gasteiger partial charge is 0.345 e. The Morgan fingerprint density at radius 3 is 2.62 bits per heavy atom. The van der Waals surface area contributed by atoms with Gasteiger partial charge in [-0.1, -0.05) is 6.07 Å². The van der Waals surface area contributed by atoms with Crippen LogP contribution in [0.1, 0.15) is 20.1 Å². The fourth-order valence-electron chi connectivity index (χ4n) is 1.72. The van der Waals surface area contributed by atoms with Crippen LogP contribution in [0, 0.1) is 6.92 Å². The van der Waals surface area contributed by atoms with Gasteiger partial charge in [-0.05, 0) is 31.2 Å². The summed E-state index contributed by atoms with van der Waals surface area (Å²) in [6.07, 6.45) is 1.13. The quantitative estimate of drug-likeness (QED) is 0.914. The van der Waals surface area contributed by atoms with Crippen molar-refractivity contribution in [2.24, 2.45) is 0 Å². The van der Waals surface area contributed by atoms with Crippen LogP contribution in [0.2, 0.25) is 0 Å². The van der Waals surface area contributed by atoms with Crippen LogP contribution >= 0.6 is 11.3 Å². The molecule has 112 valence electrons. The van der Waals surface area contributed by atoms with E-state index < -0.39 is 15.8 Å². The molecule has 1 N–H and O–H groups in total. The van der Waals surface area contributed by atoms with Gasteiger partial charge in [0.15, 0.2) is 9.84 Å². The van der Waals surface area contributed by atoms with Gasteiger partial charge in [0.2, 0.25) is 0 Å². The highest BCUT2D eigenvalue weighted by molar-refractivity contribution is 7.90. The van der Waals surface area contributed by atoms with Crippen LogP contribution in [0.15, 0.2) is 35.2 Å². The first-order valence-corrected chi connectivity index (χ1v) is 8.73. The second-order valence-electron chi connectivity index (χ2n) is 4.53. The lowest BCUT2D eigenvalue weighted by Crippen LogP contribution is -1.99. The van der Waals surface area contributed by atoms with Crippen LogP contribution in [-0.4, -0.2) is 25.7 Å². The average Bonchev–Trinajstić information content (AvgIpc) is 2.77. The van der Waals surface area contributed by atoms with Crippen molar-refractivity contribution in [2.75, 3.05) is 6.26 Å². The number of rotatable bonds is 5. The van der Waals surface area contributed by atoms with Crippen molar-refractivity contribution in [2.45, 2.75) is 18.4 Å². The Morgan fingerprint density at radius 2 is 2.05 bits per heavy atom. The Balaban J connectivity index is 2.15. The van der Waals surface area contributed by atoms with E-state index in [1.807, 2.05) is 6.92 Å². The van der Waals surface area contributed by atoms with Crippen LogP contribution in [0.4, 0.5) is 0 Å². The van der Waals surface area contributed by atoms with Crippen LogP contribution in [0.5, 0.6) is 5.75 Å². The van der Waals surface area contributed by atoms with Crippen LogP contribution < -0.4 is 4.74 Å². The molecule has 0 atom stereocenters. The maximum atomic E-state index is 11.5. The molecule has 2 aromatic rings. The molecule has 2 rings (SSSR count). The first-order chi connectivity index (χ1) is 9.77. The minimum Gasteiger partial charge on any atom is -0.489 e. The summed E-state index contributed by atoms with van der Waals surface area (Å²) in [6, 6.07) is 7.79. The van der Waals surface area contributed by atoms with Gasteiger partial charge in [-0.15, -0.1) is 11.3 Å². The van der Waals surface area contributed by atoms with Gasteiger partial charge in [0.05, 0.1) is 4.90 Å². The first-order valence-electron chi connectivity index (χ1n) is 6.03. The Morgan fingerprint density at radius 1 is 1.33 bits per heavy atom. The molecule has 0 radical (unpaired) electrons. The number of carbonyl (C=O) groups is 1. The molecule has 1 heterocycles. The second kappa shape index (κ2) is 5.87. The number of hydrogen-bond acceptors (Lipinski definition) is 5. The number of aromatic carboxylic acids is 1. The standard InChI is InChI=1S/C14H14O5S2/c1-9-10(6-13(20-9)14(15)16)8-19-11-4-3-5-12(7-11)21(2,17)18/h3-7H,8H2,1-2H3,(H,15,16). The molecular weight excluding hydrogens is 312 g/mol. The van der Waals surface area contributed by atoms with Gasteiger partial charge in [0.25, 0.3) is 0 Å². The number of ether oxygens (including phenoxy) is 1. The zero-order valence-electron chi connectivity index (χ0n) is 11.5. The maximum Gasteiger partial charge on any atom is 0.345 e. The van der Waals surface area contributed by atoms with E-state index in [0.717, 1.165) is 16.7 Å². The van der Waals surface area contributed by atoms with E-state index >= 15 is 0 Å². The number of carboxylic acid groups (broad SMARTS) is 1. The second-order valence-corrected chi connectivity index (χ2v) is 7.80. The van der Waals surface area contributed by atoms with Crippen molar-refractivity contribution in [3.8, 4) is 5.75 Å². The maximum absolute atomic E-state index is 11.5. The Kier molecular flexibility index (Phi) is 4.34. The Bertz CT molecular complexity index is 774. The number of benzene rings is 1. The molecular formula is C14H14O5S2. The summed E-state index contributed by atoms with van der Waals surface area (Å²) >= 11 is 1.19. The predicted octanol–water partition coefficient (Wildman–Crippen LogP) is 2.74. The van der Waals surface area contributed by atoms with Gasteiger partial charge in [-0.2, -0.15) is 0 Å². The summed E-state index contributed by atoms with van der Waals surface area (Å²) in [5.74, 6) is -0.533. The normalized spacial score (nSPS) is 11.3. The van der Waals surface area contributed by atoms with Crippen LogP contribution in [-0.2, 0) is 16.4 Å². The molecule has 0 unspecified atom stereocenters. The summed E-state index contributed by atoms with van der Waals surface area (Å²) in [7, 11) is -3.28. The lowest BCUT2D eigenvalue weighted by Gasteiger charge is -2.07. The van der Waals surface area contributed by atoms with E-state index in [-0.39, 0.29) is 16.4 Å². The molecule has 7 heteroatoms. The molecule has 0 amide bonds. The molecule has 0 spiro atoms. The van der Waals surface area contributed by atoms with Crippen molar-refractivity contribution in [1.29, 1.82) is 0 Å². The van der Waals surface area contributed by atoms with Crippen molar-refractivity contribution < 1.29 is 23.1 Å². The molecule has 0 aliphatic rings. The van der Waals surface area contributed by atoms with Gasteiger partial charge in [-0.3, -0.25) is 0 Å². The molecule has 0 aliphatic carbocycles. The summed E-state index contributed by atoms with van der Waals surface area (Å²) in [6.45, 7) is 2.02. The molecule has 1 aromatic heterocycles. The molecule has 21 heavy (non-hydrogen) atoms. The first kappa shape index (κ1) is 15.5. The minimum absolute atomic E-state index is 0.188. The van der Waals surface area contributed by atoms with E-state index in [9.17, 15) is 13.2 Å². The van der Waals surface area contributed by atoms with Crippen molar-refractivity contribution in [3.63, 3.8) is 0 Å². The molecule has 0 aliphatic heterocycles.